The molecule has 0 unspecified atom stereocenters. The third kappa shape index (κ3) is 2.78. The second-order valence-electron chi connectivity index (χ2n) is 7.08. The van der Waals surface area contributed by atoms with Gasteiger partial charge in [0.1, 0.15) is 17.5 Å². The predicted molar refractivity (Wildman–Crippen MR) is 91.2 cm³/mol. The Balaban J connectivity index is 1.67. The second kappa shape index (κ2) is 6.15. The molecule has 7 nitrogen and oxygen atoms in total. The smallest absolute Gasteiger partial charge is 0.251 e. The molecule has 7 heteroatoms. The maximum Gasteiger partial charge on any atom is 0.251 e. The number of nitrogens with one attached hydrogen (secondary N) is 1. The maximum absolute atomic E-state index is 13.2. The lowest BCUT2D eigenvalue weighted by Crippen LogP contribution is -2.52. The van der Waals surface area contributed by atoms with Crippen molar-refractivity contribution in [1.82, 2.24) is 19.9 Å². The Kier molecular flexibility index (Phi) is 3.95. The largest absolute Gasteiger partial charge is 0.361 e. The van der Waals surface area contributed by atoms with Crippen LogP contribution >= 0.6 is 0 Å². The minimum atomic E-state index is -0.467. The van der Waals surface area contributed by atoms with Gasteiger partial charge < -0.3 is 14.7 Å². The van der Waals surface area contributed by atoms with Crippen LogP contribution in [0.25, 0.3) is 0 Å². The van der Waals surface area contributed by atoms with Gasteiger partial charge in [-0.1, -0.05) is 11.2 Å². The Morgan fingerprint density at radius 3 is 3.04 bits per heavy atom. The van der Waals surface area contributed by atoms with Gasteiger partial charge in [0.05, 0.1) is 6.54 Å². The third-order valence-electron chi connectivity index (χ3n) is 5.25. The summed E-state index contributed by atoms with van der Waals surface area (Å²) in [4.78, 5) is 27.4. The number of aromatic nitrogens is 2. The molecule has 1 N–H and O–H groups in total. The normalized spacial score (nSPS) is 24.6. The van der Waals surface area contributed by atoms with Gasteiger partial charge in [0.15, 0.2) is 0 Å². The zero-order valence-electron chi connectivity index (χ0n) is 14.4. The van der Waals surface area contributed by atoms with Gasteiger partial charge in [0.2, 0.25) is 5.91 Å². The molecule has 25 heavy (non-hydrogen) atoms. The number of carbonyl (C=O) groups is 1. The first kappa shape index (κ1) is 16.1. The van der Waals surface area contributed by atoms with Crippen molar-refractivity contribution in [2.75, 3.05) is 20.1 Å². The molecule has 2 aromatic rings. The van der Waals surface area contributed by atoms with Crippen LogP contribution in [0, 0.1) is 12.8 Å². The first-order valence-electron chi connectivity index (χ1n) is 8.64. The summed E-state index contributed by atoms with van der Waals surface area (Å²) in [6.45, 7) is 3.80. The maximum atomic E-state index is 13.2. The van der Waals surface area contributed by atoms with Gasteiger partial charge in [-0.2, -0.15) is 0 Å². The number of hydrogen-bond acceptors (Lipinski definition) is 5. The van der Waals surface area contributed by atoms with E-state index in [-0.39, 0.29) is 17.4 Å². The van der Waals surface area contributed by atoms with E-state index in [2.05, 4.69) is 10.5 Å². The minimum absolute atomic E-state index is 0.0534. The van der Waals surface area contributed by atoms with Crippen molar-refractivity contribution < 1.29 is 9.32 Å². The van der Waals surface area contributed by atoms with Gasteiger partial charge in [-0.15, -0.1) is 0 Å². The summed E-state index contributed by atoms with van der Waals surface area (Å²) in [6, 6.07) is 6.65. The second-order valence-corrected chi connectivity index (χ2v) is 7.08. The molecular weight excluding hydrogens is 320 g/mol. The number of nitrogens with zero attached hydrogens (tertiary/aromatic N) is 3. The summed E-state index contributed by atoms with van der Waals surface area (Å²) in [5.41, 5.74) is 1.57. The number of carbonyl (C=O) groups excluding carboxylic acids is 1. The number of fused-ring (bicyclic) bond motifs is 4. The summed E-state index contributed by atoms with van der Waals surface area (Å²) in [5, 5.41) is 7.37. The molecule has 4 heterocycles. The van der Waals surface area contributed by atoms with Crippen LogP contribution in [0.2, 0.25) is 0 Å². The number of piperidine rings is 1. The van der Waals surface area contributed by atoms with E-state index in [1.54, 1.807) is 28.6 Å². The first-order chi connectivity index (χ1) is 12.0. The standard InChI is InChI=1S/C18H22N4O3/c1-11-6-14(20-25-11)10-21(2)18(24)17-13-7-12(8-19-9-13)15-4-3-5-16(23)22(15)17/h3-6,12-13,17,19H,7-10H2,1-2H3/t12-,13+,17-/m1/s1. The Bertz CT molecular complexity index is 856. The van der Waals surface area contributed by atoms with Crippen LogP contribution in [0.15, 0.2) is 33.6 Å². The van der Waals surface area contributed by atoms with Gasteiger partial charge in [0, 0.05) is 49.8 Å². The van der Waals surface area contributed by atoms with E-state index in [4.69, 9.17) is 4.52 Å². The molecule has 2 aliphatic heterocycles. The summed E-state index contributed by atoms with van der Waals surface area (Å²) in [7, 11) is 1.75. The van der Waals surface area contributed by atoms with Gasteiger partial charge in [-0.25, -0.2) is 0 Å². The lowest BCUT2D eigenvalue weighted by molar-refractivity contribution is -0.136. The lowest BCUT2D eigenvalue weighted by Gasteiger charge is -2.43. The quantitative estimate of drug-likeness (QED) is 0.902. The van der Waals surface area contributed by atoms with Crippen LogP contribution in [-0.4, -0.2) is 40.7 Å². The van der Waals surface area contributed by atoms with E-state index in [0.29, 0.717) is 18.2 Å². The van der Waals surface area contributed by atoms with E-state index >= 15 is 0 Å². The number of amides is 1. The molecule has 1 amide bonds. The first-order valence-corrected chi connectivity index (χ1v) is 8.64. The zero-order chi connectivity index (χ0) is 17.6. The zero-order valence-corrected chi connectivity index (χ0v) is 14.4. The predicted octanol–water partition coefficient (Wildman–Crippen LogP) is 1.05. The van der Waals surface area contributed by atoms with Crippen molar-refractivity contribution in [2.45, 2.75) is 31.8 Å². The van der Waals surface area contributed by atoms with Crippen LogP contribution in [-0.2, 0) is 11.3 Å². The van der Waals surface area contributed by atoms with Crippen LogP contribution in [0.1, 0.15) is 35.5 Å². The van der Waals surface area contributed by atoms with Crippen molar-refractivity contribution in [2.24, 2.45) is 5.92 Å². The number of rotatable bonds is 3. The molecule has 0 radical (unpaired) electrons. The molecule has 0 spiro atoms. The Labute approximate surface area is 145 Å². The van der Waals surface area contributed by atoms with E-state index in [1.807, 2.05) is 19.1 Å². The highest BCUT2D eigenvalue weighted by Gasteiger charge is 2.42. The van der Waals surface area contributed by atoms with Gasteiger partial charge in [-0.3, -0.25) is 14.2 Å². The number of hydrogen-bond donors (Lipinski definition) is 1. The molecule has 1 saturated heterocycles. The van der Waals surface area contributed by atoms with Crippen LogP contribution in [0.3, 0.4) is 0 Å². The molecule has 3 atom stereocenters. The average molecular weight is 342 g/mol. The fourth-order valence-electron chi connectivity index (χ4n) is 4.15. The summed E-state index contributed by atoms with van der Waals surface area (Å²) >= 11 is 0. The van der Waals surface area contributed by atoms with E-state index in [9.17, 15) is 9.59 Å². The van der Waals surface area contributed by atoms with Crippen molar-refractivity contribution in [3.63, 3.8) is 0 Å². The van der Waals surface area contributed by atoms with Crippen LogP contribution in [0.4, 0.5) is 0 Å². The average Bonchev–Trinajstić information content (AvgIpc) is 3.01. The summed E-state index contributed by atoms with van der Waals surface area (Å²) in [5.74, 6) is 1.08. The molecule has 2 aromatic heterocycles. The lowest BCUT2D eigenvalue weighted by atomic mass is 9.79. The SMILES string of the molecule is Cc1cc(CN(C)C(=O)[C@H]2[C@@H]3CNC[C@@H](C3)c3cccc(=O)n32)no1. The summed E-state index contributed by atoms with van der Waals surface area (Å²) in [6.07, 6.45) is 0.934. The molecular formula is C18H22N4O3. The molecule has 0 saturated carbocycles. The van der Waals surface area contributed by atoms with Crippen molar-refractivity contribution >= 4 is 5.91 Å². The highest BCUT2D eigenvalue weighted by Crippen LogP contribution is 2.39. The highest BCUT2D eigenvalue weighted by atomic mass is 16.5. The van der Waals surface area contributed by atoms with Crippen LogP contribution < -0.4 is 10.9 Å². The molecule has 2 bridgehead atoms. The van der Waals surface area contributed by atoms with Crippen molar-refractivity contribution in [3.05, 3.63) is 51.8 Å². The van der Waals surface area contributed by atoms with Crippen molar-refractivity contribution in [1.29, 1.82) is 0 Å². The molecule has 132 valence electrons. The fourth-order valence-corrected chi connectivity index (χ4v) is 4.15. The third-order valence-corrected chi connectivity index (χ3v) is 5.25. The molecule has 4 rings (SSSR count). The van der Waals surface area contributed by atoms with Gasteiger partial charge in [-0.05, 0) is 19.4 Å². The molecule has 2 aliphatic rings. The Morgan fingerprint density at radius 2 is 2.28 bits per heavy atom. The van der Waals surface area contributed by atoms with E-state index in [1.165, 1.54) is 0 Å². The number of aryl methyl sites for hydroxylation is 1. The molecule has 0 aliphatic carbocycles. The molecule has 1 fully saturated rings. The Hall–Kier alpha value is -2.41. The van der Waals surface area contributed by atoms with E-state index < -0.39 is 6.04 Å². The van der Waals surface area contributed by atoms with E-state index in [0.717, 1.165) is 31.0 Å². The van der Waals surface area contributed by atoms with Gasteiger partial charge >= 0.3 is 0 Å². The Morgan fingerprint density at radius 1 is 1.44 bits per heavy atom. The van der Waals surface area contributed by atoms with Crippen molar-refractivity contribution in [3.8, 4) is 0 Å². The monoisotopic (exact) mass is 342 g/mol. The minimum Gasteiger partial charge on any atom is -0.361 e. The number of likely N-dealkylation sites (N-methyl/N-ethyl adjacent to an activating group) is 1. The van der Waals surface area contributed by atoms with Gasteiger partial charge in [0.25, 0.3) is 5.56 Å². The fraction of sp³-hybridized carbons (Fsp3) is 0.500. The van der Waals surface area contributed by atoms with Crippen LogP contribution in [0.5, 0.6) is 0 Å². The molecule has 0 aromatic carbocycles. The highest BCUT2D eigenvalue weighted by molar-refractivity contribution is 5.81. The summed E-state index contributed by atoms with van der Waals surface area (Å²) < 4.78 is 6.79. The number of pyridine rings is 1. The topological polar surface area (TPSA) is 80.4 Å².